The number of rotatable bonds is 8. The lowest BCUT2D eigenvalue weighted by molar-refractivity contribution is -0.133. The fourth-order valence-electron chi connectivity index (χ4n) is 5.33. The number of aromatic nitrogens is 1. The minimum atomic E-state index is 0.239. The molecule has 162 valence electrons. The van der Waals surface area contributed by atoms with E-state index in [9.17, 15) is 4.79 Å². The van der Waals surface area contributed by atoms with Crippen LogP contribution in [0.1, 0.15) is 30.4 Å². The first-order chi connectivity index (χ1) is 15.2. The number of hydrogen-bond donors (Lipinski definition) is 1. The van der Waals surface area contributed by atoms with Gasteiger partial charge < -0.3 is 14.6 Å². The van der Waals surface area contributed by atoms with Gasteiger partial charge in [0.15, 0.2) is 0 Å². The van der Waals surface area contributed by atoms with E-state index in [-0.39, 0.29) is 5.91 Å². The maximum Gasteiger partial charge on any atom is 0.237 e. The van der Waals surface area contributed by atoms with E-state index in [0.717, 1.165) is 35.7 Å². The number of para-hydroxylation sites is 1. The molecule has 31 heavy (non-hydrogen) atoms. The fraction of sp³-hybridized carbons (Fsp3) is 0.423. The average molecular weight is 418 g/mol. The molecule has 5 heteroatoms. The van der Waals surface area contributed by atoms with Gasteiger partial charge >= 0.3 is 0 Å². The monoisotopic (exact) mass is 417 g/mol. The first kappa shape index (κ1) is 20.1. The number of hydrogen-bond acceptors (Lipinski definition) is 3. The van der Waals surface area contributed by atoms with Crippen molar-refractivity contribution in [3.63, 3.8) is 0 Å². The lowest BCUT2D eigenvalue weighted by Gasteiger charge is -2.30. The van der Waals surface area contributed by atoms with Crippen LogP contribution in [0, 0.1) is 5.92 Å². The Balaban J connectivity index is 1.30. The van der Waals surface area contributed by atoms with E-state index < -0.39 is 0 Å². The standard InChI is InChI=1S/C26H31N3O2/c1-31-23-10-7-19(8-11-23)16-28(26(30)18-29-17-20-6-9-22(29)14-20)13-12-21-15-27-25-5-3-2-4-24(21)25/h2-5,7-8,10-11,15,20,22,27H,6,9,12-14,16-18H2,1H3/t20-,22+/m1/s1. The Morgan fingerprint density at radius 1 is 1.16 bits per heavy atom. The average Bonchev–Trinajstić information content (AvgIpc) is 3.53. The topological polar surface area (TPSA) is 48.6 Å². The summed E-state index contributed by atoms with van der Waals surface area (Å²) >= 11 is 0. The molecule has 2 atom stereocenters. The molecule has 1 N–H and O–H groups in total. The third kappa shape index (κ3) is 4.33. The molecule has 1 saturated carbocycles. The molecule has 2 bridgehead atoms. The Labute approximate surface area is 184 Å². The summed E-state index contributed by atoms with van der Waals surface area (Å²) in [5.74, 6) is 1.88. The van der Waals surface area contributed by atoms with E-state index in [1.165, 1.54) is 30.2 Å². The molecule has 1 aliphatic heterocycles. The number of aromatic amines is 1. The number of benzene rings is 2. The predicted octanol–water partition coefficient (Wildman–Crippen LogP) is 4.23. The van der Waals surface area contributed by atoms with Gasteiger partial charge in [0.1, 0.15) is 5.75 Å². The molecule has 1 aliphatic carbocycles. The van der Waals surface area contributed by atoms with Crippen LogP contribution < -0.4 is 4.74 Å². The zero-order valence-corrected chi connectivity index (χ0v) is 18.2. The molecule has 1 amide bonds. The van der Waals surface area contributed by atoms with E-state index in [1.807, 2.05) is 23.1 Å². The van der Waals surface area contributed by atoms with Crippen LogP contribution in [-0.4, -0.2) is 53.5 Å². The summed E-state index contributed by atoms with van der Waals surface area (Å²) in [6.45, 7) is 2.99. The van der Waals surface area contributed by atoms with Crippen molar-refractivity contribution in [3.05, 3.63) is 65.9 Å². The van der Waals surface area contributed by atoms with Gasteiger partial charge in [-0.15, -0.1) is 0 Å². The van der Waals surface area contributed by atoms with Gasteiger partial charge in [0.25, 0.3) is 0 Å². The number of nitrogens with zero attached hydrogens (tertiary/aromatic N) is 2. The van der Waals surface area contributed by atoms with E-state index in [1.54, 1.807) is 7.11 Å². The van der Waals surface area contributed by atoms with E-state index in [0.29, 0.717) is 25.7 Å². The van der Waals surface area contributed by atoms with Crippen molar-refractivity contribution in [2.45, 2.75) is 38.3 Å². The number of likely N-dealkylation sites (tertiary alicyclic amines) is 1. The maximum atomic E-state index is 13.4. The van der Waals surface area contributed by atoms with Crippen molar-refractivity contribution in [3.8, 4) is 5.75 Å². The molecule has 0 spiro atoms. The molecular weight excluding hydrogens is 386 g/mol. The largest absolute Gasteiger partial charge is 0.497 e. The van der Waals surface area contributed by atoms with Crippen LogP contribution in [0.4, 0.5) is 0 Å². The molecule has 2 aliphatic rings. The van der Waals surface area contributed by atoms with Gasteiger partial charge in [-0.05, 0) is 60.9 Å². The minimum Gasteiger partial charge on any atom is -0.497 e. The zero-order chi connectivity index (χ0) is 21.2. The summed E-state index contributed by atoms with van der Waals surface area (Å²) in [5.41, 5.74) is 3.55. The van der Waals surface area contributed by atoms with Crippen molar-refractivity contribution in [1.29, 1.82) is 0 Å². The summed E-state index contributed by atoms with van der Waals surface area (Å²) in [4.78, 5) is 21.2. The van der Waals surface area contributed by atoms with Gasteiger partial charge in [-0.3, -0.25) is 9.69 Å². The summed E-state index contributed by atoms with van der Waals surface area (Å²) in [6.07, 6.45) is 6.80. The SMILES string of the molecule is COc1ccc(CN(CCc2c[nH]c3ccccc23)C(=O)CN2C[C@@H]3CC[C@H]2C3)cc1. The highest BCUT2D eigenvalue weighted by molar-refractivity contribution is 5.83. The normalized spacial score (nSPS) is 20.4. The highest BCUT2D eigenvalue weighted by Gasteiger charge is 2.38. The van der Waals surface area contributed by atoms with E-state index in [4.69, 9.17) is 4.74 Å². The fourth-order valence-corrected chi connectivity index (χ4v) is 5.33. The number of H-pyrrole nitrogens is 1. The van der Waals surface area contributed by atoms with Crippen LogP contribution in [0.15, 0.2) is 54.7 Å². The second-order valence-corrected chi connectivity index (χ2v) is 9.04. The number of piperidine rings is 1. The van der Waals surface area contributed by atoms with Crippen LogP contribution >= 0.6 is 0 Å². The number of amides is 1. The molecule has 1 aromatic heterocycles. The van der Waals surface area contributed by atoms with Crippen LogP contribution in [0.5, 0.6) is 5.75 Å². The molecule has 3 aromatic rings. The van der Waals surface area contributed by atoms with Crippen molar-refractivity contribution in [2.75, 3.05) is 26.7 Å². The zero-order valence-electron chi connectivity index (χ0n) is 18.2. The summed E-state index contributed by atoms with van der Waals surface area (Å²) in [6, 6.07) is 17.0. The van der Waals surface area contributed by atoms with Crippen molar-refractivity contribution >= 4 is 16.8 Å². The van der Waals surface area contributed by atoms with Gasteiger partial charge in [-0.25, -0.2) is 0 Å². The first-order valence-corrected chi connectivity index (χ1v) is 11.4. The molecule has 2 fully saturated rings. The first-order valence-electron chi connectivity index (χ1n) is 11.4. The maximum absolute atomic E-state index is 13.4. The third-order valence-corrected chi connectivity index (χ3v) is 7.07. The summed E-state index contributed by atoms with van der Waals surface area (Å²) in [5, 5.41) is 1.25. The lowest BCUT2D eigenvalue weighted by atomic mass is 10.1. The van der Waals surface area contributed by atoms with Gasteiger partial charge in [0, 0.05) is 42.8 Å². The van der Waals surface area contributed by atoms with Crippen LogP contribution in [-0.2, 0) is 17.8 Å². The van der Waals surface area contributed by atoms with Crippen molar-refractivity contribution in [1.82, 2.24) is 14.8 Å². The molecule has 2 aromatic carbocycles. The quantitative estimate of drug-likeness (QED) is 0.597. The Bertz CT molecular complexity index is 1040. The third-order valence-electron chi connectivity index (χ3n) is 7.07. The Kier molecular flexibility index (Phi) is 5.68. The number of ether oxygens (including phenoxy) is 1. The molecule has 0 unspecified atom stereocenters. The summed E-state index contributed by atoms with van der Waals surface area (Å²) in [7, 11) is 1.68. The van der Waals surface area contributed by atoms with Crippen molar-refractivity contribution < 1.29 is 9.53 Å². The number of carbonyl (C=O) groups is 1. The molecule has 5 nitrogen and oxygen atoms in total. The molecule has 0 radical (unpaired) electrons. The minimum absolute atomic E-state index is 0.239. The van der Waals surface area contributed by atoms with Gasteiger partial charge in [-0.2, -0.15) is 0 Å². The second kappa shape index (κ2) is 8.75. The number of methoxy groups -OCH3 is 1. The lowest BCUT2D eigenvalue weighted by Crippen LogP contribution is -2.43. The van der Waals surface area contributed by atoms with Crippen LogP contribution in [0.3, 0.4) is 0 Å². The van der Waals surface area contributed by atoms with Crippen LogP contribution in [0.25, 0.3) is 10.9 Å². The van der Waals surface area contributed by atoms with Crippen molar-refractivity contribution in [2.24, 2.45) is 5.92 Å². The molecular formula is C26H31N3O2. The second-order valence-electron chi connectivity index (χ2n) is 9.04. The highest BCUT2D eigenvalue weighted by Crippen LogP contribution is 2.37. The molecule has 2 heterocycles. The Morgan fingerprint density at radius 3 is 2.74 bits per heavy atom. The van der Waals surface area contributed by atoms with E-state index in [2.05, 4.69) is 46.4 Å². The number of carbonyl (C=O) groups excluding carboxylic acids is 1. The number of nitrogens with one attached hydrogen (secondary N) is 1. The Hall–Kier alpha value is -2.79. The highest BCUT2D eigenvalue weighted by atomic mass is 16.5. The molecule has 5 rings (SSSR count). The number of fused-ring (bicyclic) bond motifs is 3. The smallest absolute Gasteiger partial charge is 0.237 e. The Morgan fingerprint density at radius 2 is 2.00 bits per heavy atom. The van der Waals surface area contributed by atoms with E-state index >= 15 is 0 Å². The molecule has 1 saturated heterocycles. The predicted molar refractivity (Wildman–Crippen MR) is 123 cm³/mol. The van der Waals surface area contributed by atoms with Gasteiger partial charge in [0.05, 0.1) is 13.7 Å². The van der Waals surface area contributed by atoms with Gasteiger partial charge in [0.2, 0.25) is 5.91 Å². The van der Waals surface area contributed by atoms with Crippen LogP contribution in [0.2, 0.25) is 0 Å². The van der Waals surface area contributed by atoms with Gasteiger partial charge in [-0.1, -0.05) is 30.3 Å². The summed E-state index contributed by atoms with van der Waals surface area (Å²) < 4.78 is 5.29.